The van der Waals surface area contributed by atoms with Crippen LogP contribution in [0, 0.1) is 0 Å². The molecule has 0 aliphatic carbocycles. The molecule has 0 saturated carbocycles. The van der Waals surface area contributed by atoms with Gasteiger partial charge in [-0.25, -0.2) is 4.79 Å². The largest absolute Gasteiger partial charge is 0.508 e. The number of fused-ring (bicyclic) bond motifs is 1. The van der Waals surface area contributed by atoms with E-state index in [0.717, 1.165) is 11.1 Å². The second-order valence-electron chi connectivity index (χ2n) is 9.43. The zero-order valence-electron chi connectivity index (χ0n) is 20.9. The van der Waals surface area contributed by atoms with Crippen LogP contribution in [0.25, 0.3) is 0 Å². The highest BCUT2D eigenvalue weighted by molar-refractivity contribution is 8.00. The first kappa shape index (κ1) is 26.9. The van der Waals surface area contributed by atoms with E-state index in [-0.39, 0.29) is 29.0 Å². The lowest BCUT2D eigenvalue weighted by Gasteiger charge is -2.49. The molecule has 9 nitrogen and oxygen atoms in total. The number of amides is 3. The van der Waals surface area contributed by atoms with E-state index in [1.54, 1.807) is 35.2 Å². The number of nitrogens with one attached hydrogen (secondary N) is 1. The molecule has 5 rings (SSSR count). The first-order valence-corrected chi connectivity index (χ1v) is 14.6. The number of aromatic hydroxyl groups is 1. The number of phenols is 1. The maximum absolute atomic E-state index is 13.0. The Labute approximate surface area is 233 Å². The molecule has 3 heterocycles. The number of nitrogens with zero attached hydrogens (tertiary/aromatic N) is 2. The van der Waals surface area contributed by atoms with Gasteiger partial charge in [0.25, 0.3) is 5.91 Å². The molecule has 3 amide bonds. The van der Waals surface area contributed by atoms with Crippen LogP contribution in [0.1, 0.15) is 17.5 Å². The van der Waals surface area contributed by atoms with E-state index in [1.807, 2.05) is 30.3 Å². The van der Waals surface area contributed by atoms with E-state index in [2.05, 4.69) is 5.32 Å². The number of rotatable bonds is 9. The molecular weight excluding hydrogens is 538 g/mol. The Morgan fingerprint density at radius 2 is 1.82 bits per heavy atom. The maximum atomic E-state index is 13.0. The summed E-state index contributed by atoms with van der Waals surface area (Å²) >= 11 is 2.82. The summed E-state index contributed by atoms with van der Waals surface area (Å²) in [5.41, 5.74) is 2.75. The van der Waals surface area contributed by atoms with Gasteiger partial charge in [-0.3, -0.25) is 19.3 Å². The van der Waals surface area contributed by atoms with Gasteiger partial charge < -0.3 is 20.4 Å². The molecular formula is C28H27N3O6S2. The Morgan fingerprint density at radius 1 is 1.08 bits per heavy atom. The van der Waals surface area contributed by atoms with Crippen molar-refractivity contribution in [1.29, 1.82) is 0 Å². The smallest absolute Gasteiger partial charge is 0.352 e. The van der Waals surface area contributed by atoms with Crippen molar-refractivity contribution in [1.82, 2.24) is 15.1 Å². The molecule has 2 aromatic carbocycles. The SMILES string of the molecule is O=C(CSCc1ccccc1)N[C@@H]1C(=O)N2C(C(=O)O)=C(/C=C3\CCN(Cc4ccc(O)cc4)C3=O)CS[C@H]12. The van der Waals surface area contributed by atoms with Gasteiger partial charge in [-0.05, 0) is 41.3 Å². The Morgan fingerprint density at radius 3 is 2.54 bits per heavy atom. The molecule has 202 valence electrons. The van der Waals surface area contributed by atoms with Crippen molar-refractivity contribution in [2.24, 2.45) is 0 Å². The third-order valence-corrected chi connectivity index (χ3v) is 9.04. The third kappa shape index (κ3) is 5.84. The fourth-order valence-corrected chi connectivity index (χ4v) is 6.89. The number of carboxylic acids is 1. The number of thioether (sulfide) groups is 2. The van der Waals surface area contributed by atoms with E-state index in [4.69, 9.17) is 0 Å². The van der Waals surface area contributed by atoms with E-state index in [1.165, 1.54) is 28.4 Å². The molecule has 2 saturated heterocycles. The zero-order chi connectivity index (χ0) is 27.5. The molecule has 0 aromatic heterocycles. The summed E-state index contributed by atoms with van der Waals surface area (Å²) in [5, 5.41) is 21.7. The lowest BCUT2D eigenvalue weighted by Crippen LogP contribution is -2.70. The number of allylic oxidation sites excluding steroid dienone is 1. The van der Waals surface area contributed by atoms with Crippen molar-refractivity contribution in [2.75, 3.05) is 18.1 Å². The van der Waals surface area contributed by atoms with Crippen LogP contribution in [-0.2, 0) is 31.5 Å². The van der Waals surface area contributed by atoms with Crippen LogP contribution in [0.2, 0.25) is 0 Å². The van der Waals surface area contributed by atoms with E-state index < -0.39 is 23.3 Å². The standard InChI is InChI=1S/C28H27N3O6S2/c32-21-8-6-17(7-9-21)13-30-11-10-19(25(30)34)12-20-15-39-27-23(26(35)31(27)24(20)28(36)37)29-22(33)16-38-14-18-4-2-1-3-5-18/h1-9,12,23,27,32H,10-11,13-16H2,(H,29,33)(H,36,37)/b19-12+/t23-,27-/m1/s1. The molecule has 0 unspecified atom stereocenters. The number of β-lactam (4-membered cyclic amide) rings is 1. The molecule has 2 fully saturated rings. The third-order valence-electron chi connectivity index (χ3n) is 6.73. The zero-order valence-corrected chi connectivity index (χ0v) is 22.5. The van der Waals surface area contributed by atoms with Gasteiger partial charge in [-0.1, -0.05) is 42.5 Å². The van der Waals surface area contributed by atoms with Crippen LogP contribution in [0.15, 0.2) is 77.5 Å². The first-order valence-electron chi connectivity index (χ1n) is 12.4. The molecule has 3 N–H and O–H groups in total. The van der Waals surface area contributed by atoms with Gasteiger partial charge in [0.05, 0.1) is 5.75 Å². The van der Waals surface area contributed by atoms with Crippen LogP contribution in [0.3, 0.4) is 0 Å². The lowest BCUT2D eigenvalue weighted by atomic mass is 10.0. The summed E-state index contributed by atoms with van der Waals surface area (Å²) in [4.78, 5) is 53.5. The van der Waals surface area contributed by atoms with E-state index >= 15 is 0 Å². The molecule has 0 bridgehead atoms. The summed E-state index contributed by atoms with van der Waals surface area (Å²) in [5.74, 6) is -0.834. The topological polar surface area (TPSA) is 127 Å². The summed E-state index contributed by atoms with van der Waals surface area (Å²) in [6.07, 6.45) is 2.07. The molecule has 39 heavy (non-hydrogen) atoms. The predicted molar refractivity (Wildman–Crippen MR) is 149 cm³/mol. The quantitative estimate of drug-likeness (QED) is 0.313. The minimum absolute atomic E-state index is 0.134. The number of benzene rings is 2. The molecule has 3 aliphatic heterocycles. The van der Waals surface area contributed by atoms with Crippen molar-refractivity contribution in [3.8, 4) is 5.75 Å². The summed E-state index contributed by atoms with van der Waals surface area (Å²) < 4.78 is 0. The first-order chi connectivity index (χ1) is 18.8. The van der Waals surface area contributed by atoms with Crippen LogP contribution in [0.5, 0.6) is 5.75 Å². The second kappa shape index (κ2) is 11.6. The second-order valence-corrected chi connectivity index (χ2v) is 11.5. The number of aliphatic carboxylic acids is 1. The number of phenolic OH excluding ortho intramolecular Hbond substituents is 1. The number of hydrogen-bond acceptors (Lipinski definition) is 7. The Balaban J connectivity index is 1.22. The number of carbonyl (C=O) groups excluding carboxylic acids is 3. The molecule has 11 heteroatoms. The highest BCUT2D eigenvalue weighted by Crippen LogP contribution is 2.41. The van der Waals surface area contributed by atoms with E-state index in [0.29, 0.717) is 42.2 Å². The minimum Gasteiger partial charge on any atom is -0.508 e. The number of carbonyl (C=O) groups is 4. The van der Waals surface area contributed by atoms with Crippen LogP contribution in [0.4, 0.5) is 0 Å². The number of likely N-dealkylation sites (tertiary alicyclic amines) is 1. The van der Waals surface area contributed by atoms with Gasteiger partial charge in [0.15, 0.2) is 0 Å². The van der Waals surface area contributed by atoms with Gasteiger partial charge in [0, 0.05) is 30.2 Å². The number of carboxylic acid groups (broad SMARTS) is 1. The Bertz CT molecular complexity index is 1360. The average molecular weight is 566 g/mol. The van der Waals surface area contributed by atoms with Gasteiger partial charge in [-0.15, -0.1) is 23.5 Å². The fraction of sp³-hybridized carbons (Fsp3) is 0.286. The average Bonchev–Trinajstić information content (AvgIpc) is 3.27. The lowest BCUT2D eigenvalue weighted by molar-refractivity contribution is -0.150. The molecule has 2 aromatic rings. The fourth-order valence-electron chi connectivity index (χ4n) is 4.79. The molecule has 2 atom stereocenters. The minimum atomic E-state index is -1.24. The summed E-state index contributed by atoms with van der Waals surface area (Å²) in [6, 6.07) is 15.6. The van der Waals surface area contributed by atoms with Crippen molar-refractivity contribution in [3.05, 3.63) is 88.6 Å². The predicted octanol–water partition coefficient (Wildman–Crippen LogP) is 2.72. The number of hydrogen-bond donors (Lipinski definition) is 3. The van der Waals surface area contributed by atoms with Crippen LogP contribution in [-0.4, -0.2) is 73.2 Å². The highest BCUT2D eigenvalue weighted by Gasteiger charge is 2.54. The molecule has 0 radical (unpaired) electrons. The normalized spacial score (nSPS) is 21.7. The van der Waals surface area contributed by atoms with Gasteiger partial charge in [0.1, 0.15) is 22.9 Å². The van der Waals surface area contributed by atoms with Crippen LogP contribution < -0.4 is 5.32 Å². The van der Waals surface area contributed by atoms with Gasteiger partial charge in [0.2, 0.25) is 11.8 Å². The maximum Gasteiger partial charge on any atom is 0.352 e. The Kier molecular flexibility index (Phi) is 7.99. The van der Waals surface area contributed by atoms with Crippen molar-refractivity contribution in [3.63, 3.8) is 0 Å². The summed E-state index contributed by atoms with van der Waals surface area (Å²) in [7, 11) is 0. The Hall–Kier alpha value is -3.70. The van der Waals surface area contributed by atoms with Gasteiger partial charge in [-0.2, -0.15) is 0 Å². The van der Waals surface area contributed by atoms with E-state index in [9.17, 15) is 29.4 Å². The van der Waals surface area contributed by atoms with Crippen molar-refractivity contribution in [2.45, 2.75) is 30.1 Å². The van der Waals surface area contributed by atoms with Crippen LogP contribution >= 0.6 is 23.5 Å². The summed E-state index contributed by atoms with van der Waals surface area (Å²) in [6.45, 7) is 0.879. The van der Waals surface area contributed by atoms with Crippen molar-refractivity contribution >= 4 is 47.2 Å². The molecule has 3 aliphatic rings. The van der Waals surface area contributed by atoms with Crippen molar-refractivity contribution < 1.29 is 29.4 Å². The monoisotopic (exact) mass is 565 g/mol. The molecule has 0 spiro atoms. The van der Waals surface area contributed by atoms with Gasteiger partial charge >= 0.3 is 5.97 Å². The highest BCUT2D eigenvalue weighted by atomic mass is 32.2.